The molecule has 0 bridgehead atoms. The van der Waals surface area contributed by atoms with E-state index in [4.69, 9.17) is 5.26 Å². The fourth-order valence-electron chi connectivity index (χ4n) is 3.30. The van der Waals surface area contributed by atoms with Crippen molar-refractivity contribution < 1.29 is 17.5 Å². The quantitative estimate of drug-likeness (QED) is 0.168. The molecule has 0 unspecified atom stereocenters. The van der Waals surface area contributed by atoms with Crippen LogP contribution in [0.1, 0.15) is 90.5 Å². The van der Waals surface area contributed by atoms with Crippen molar-refractivity contribution in [2.45, 2.75) is 89.9 Å². The first-order valence-electron chi connectivity index (χ1n) is 11.4. The zero-order valence-corrected chi connectivity index (χ0v) is 20.5. The number of rotatable bonds is 13. The summed E-state index contributed by atoms with van der Waals surface area (Å²) in [6, 6.07) is 8.38. The normalized spacial score (nSPS) is 11.7. The molecule has 6 heteroatoms. The van der Waals surface area contributed by atoms with Crippen LogP contribution in [0.15, 0.2) is 29.2 Å². The molecule has 0 aliphatic carbocycles. The number of hydrogen-bond acceptors (Lipinski definition) is 4. The lowest BCUT2D eigenvalue weighted by molar-refractivity contribution is -0.903. The minimum atomic E-state index is -4.30. The highest BCUT2D eigenvalue weighted by molar-refractivity contribution is 7.85. The molecule has 30 heavy (non-hydrogen) atoms. The smallest absolute Gasteiger partial charge is 0.166 e. The maximum absolute atomic E-state index is 10.6. The molecule has 0 saturated carbocycles. The Kier molecular flexibility index (Phi) is 14.7. The summed E-state index contributed by atoms with van der Waals surface area (Å²) in [7, 11) is -2.04. The molecule has 0 radical (unpaired) electrons. The van der Waals surface area contributed by atoms with Gasteiger partial charge < -0.3 is 9.04 Å². The molecule has 0 aliphatic heterocycles. The third-order valence-corrected chi connectivity index (χ3v) is 6.24. The van der Waals surface area contributed by atoms with Crippen molar-refractivity contribution in [3.8, 4) is 6.07 Å². The van der Waals surface area contributed by atoms with Crippen LogP contribution in [0.5, 0.6) is 0 Å². The van der Waals surface area contributed by atoms with Crippen LogP contribution < -0.4 is 0 Å². The second kappa shape index (κ2) is 15.4. The highest BCUT2D eigenvalue weighted by Crippen LogP contribution is 2.16. The molecule has 172 valence electrons. The van der Waals surface area contributed by atoms with E-state index in [9.17, 15) is 13.0 Å². The van der Waals surface area contributed by atoms with Gasteiger partial charge in [-0.05, 0) is 49.3 Å². The zero-order chi connectivity index (χ0) is 23.0. The van der Waals surface area contributed by atoms with Crippen molar-refractivity contribution in [3.63, 3.8) is 0 Å². The molecule has 0 aliphatic rings. The number of benzene rings is 1. The number of nitriles is 1. The zero-order valence-electron chi connectivity index (χ0n) is 19.7. The Morgan fingerprint density at radius 3 is 1.73 bits per heavy atom. The Morgan fingerprint density at radius 1 is 0.933 bits per heavy atom. The van der Waals surface area contributed by atoms with E-state index < -0.39 is 10.1 Å². The number of quaternary nitrogens is 1. The third-order valence-electron chi connectivity index (χ3n) is 5.39. The highest BCUT2D eigenvalue weighted by Gasteiger charge is 2.19. The lowest BCUT2D eigenvalue weighted by Gasteiger charge is -2.32. The van der Waals surface area contributed by atoms with Gasteiger partial charge in [0.2, 0.25) is 0 Å². The van der Waals surface area contributed by atoms with Crippen molar-refractivity contribution in [2.24, 2.45) is 0 Å². The first-order chi connectivity index (χ1) is 14.1. The fraction of sp³-hybridized carbons (Fsp3) is 0.708. The maximum Gasteiger partial charge on any atom is 0.166 e. The molecule has 0 fully saturated rings. The average Bonchev–Trinajstić information content (AvgIpc) is 2.69. The van der Waals surface area contributed by atoms with E-state index in [1.807, 2.05) is 13.8 Å². The molecule has 0 spiro atoms. The Balaban J connectivity index is 0.000000579. The van der Waals surface area contributed by atoms with Gasteiger partial charge in [0.05, 0.1) is 25.0 Å². The molecule has 0 atom stereocenters. The van der Waals surface area contributed by atoms with Crippen LogP contribution in [0.25, 0.3) is 0 Å². The van der Waals surface area contributed by atoms with E-state index in [0.29, 0.717) is 12.5 Å². The van der Waals surface area contributed by atoms with Crippen LogP contribution in [-0.4, -0.2) is 44.1 Å². The minimum absolute atomic E-state index is 0.170. The third kappa shape index (κ3) is 13.0. The van der Waals surface area contributed by atoms with Crippen molar-refractivity contribution in [1.82, 2.24) is 0 Å². The fourth-order valence-corrected chi connectivity index (χ4v) is 3.77. The summed E-state index contributed by atoms with van der Waals surface area (Å²) in [4.78, 5) is -0.170. The van der Waals surface area contributed by atoms with Gasteiger partial charge in [-0.25, -0.2) is 8.42 Å². The van der Waals surface area contributed by atoms with Crippen molar-refractivity contribution in [2.75, 3.05) is 26.7 Å². The second-order valence-electron chi connectivity index (χ2n) is 8.68. The van der Waals surface area contributed by atoms with Crippen molar-refractivity contribution >= 4 is 10.1 Å². The predicted octanol–water partition coefficient (Wildman–Crippen LogP) is 5.83. The Labute approximate surface area is 185 Å². The molecule has 1 aromatic carbocycles. The summed E-state index contributed by atoms with van der Waals surface area (Å²) >= 11 is 0. The van der Waals surface area contributed by atoms with Gasteiger partial charge in [0.1, 0.15) is 16.2 Å². The molecule has 0 heterocycles. The van der Waals surface area contributed by atoms with E-state index in [0.717, 1.165) is 10.0 Å². The maximum atomic E-state index is 10.6. The molecule has 0 saturated heterocycles. The number of unbranched alkanes of at least 4 members (excludes halogenated alkanes) is 6. The van der Waals surface area contributed by atoms with Gasteiger partial charge >= 0.3 is 0 Å². The topological polar surface area (TPSA) is 81.0 Å². The van der Waals surface area contributed by atoms with Gasteiger partial charge in [-0.1, -0.05) is 65.5 Å². The summed E-state index contributed by atoms with van der Waals surface area (Å²) in [5.74, 6) is 0.336. The first-order valence-corrected chi connectivity index (χ1v) is 12.8. The number of hydrogen-bond donors (Lipinski definition) is 0. The van der Waals surface area contributed by atoms with Gasteiger partial charge in [0.15, 0.2) is 6.54 Å². The van der Waals surface area contributed by atoms with Gasteiger partial charge in [-0.15, -0.1) is 0 Å². The highest BCUT2D eigenvalue weighted by atomic mass is 32.2. The van der Waals surface area contributed by atoms with E-state index in [1.165, 1.54) is 76.6 Å². The molecular weight excluding hydrogens is 396 g/mol. The van der Waals surface area contributed by atoms with E-state index in [-0.39, 0.29) is 4.90 Å². The second-order valence-corrected chi connectivity index (χ2v) is 10.1. The molecule has 0 aromatic heterocycles. The Bertz CT molecular complexity index is 695. The SMILES string of the molecule is CC(C)c1ccc(S(=O)(=O)[O-])cc1.CCCCCC[N+](C)(CC#N)CCCCCC. The number of nitrogens with zero attached hydrogens (tertiary/aromatic N) is 2. The largest absolute Gasteiger partial charge is 0.744 e. The molecule has 0 N–H and O–H groups in total. The van der Waals surface area contributed by atoms with Crippen LogP contribution in [0, 0.1) is 11.3 Å². The molecular formula is C24H42N2O3S. The lowest BCUT2D eigenvalue weighted by atomic mass is 10.0. The minimum Gasteiger partial charge on any atom is -0.744 e. The predicted molar refractivity (Wildman–Crippen MR) is 123 cm³/mol. The molecule has 0 amide bonds. The van der Waals surface area contributed by atoms with Crippen LogP contribution in [0.4, 0.5) is 0 Å². The lowest BCUT2D eigenvalue weighted by Crippen LogP contribution is -2.45. The summed E-state index contributed by atoms with van der Waals surface area (Å²) in [6.07, 6.45) is 10.5. The summed E-state index contributed by atoms with van der Waals surface area (Å²) in [5, 5.41) is 8.94. The van der Waals surface area contributed by atoms with E-state index in [2.05, 4.69) is 27.0 Å². The van der Waals surface area contributed by atoms with Crippen LogP contribution in [0.3, 0.4) is 0 Å². The summed E-state index contributed by atoms with van der Waals surface area (Å²) in [6.45, 7) is 11.5. The van der Waals surface area contributed by atoms with Crippen LogP contribution in [0.2, 0.25) is 0 Å². The van der Waals surface area contributed by atoms with Gasteiger partial charge in [0, 0.05) is 0 Å². The van der Waals surface area contributed by atoms with Gasteiger partial charge in [-0.2, -0.15) is 5.26 Å². The summed E-state index contributed by atoms with van der Waals surface area (Å²) < 4.78 is 32.6. The van der Waals surface area contributed by atoms with Crippen LogP contribution >= 0.6 is 0 Å². The Morgan fingerprint density at radius 2 is 1.40 bits per heavy atom. The molecule has 1 rings (SSSR count). The first kappa shape index (κ1) is 28.6. The molecule has 5 nitrogen and oxygen atoms in total. The van der Waals surface area contributed by atoms with Gasteiger partial charge in [-0.3, -0.25) is 0 Å². The Hall–Kier alpha value is -1.42. The summed E-state index contributed by atoms with van der Waals surface area (Å²) in [5.41, 5.74) is 1.02. The van der Waals surface area contributed by atoms with Gasteiger partial charge in [0.25, 0.3) is 0 Å². The van der Waals surface area contributed by atoms with E-state index >= 15 is 0 Å². The molecule has 1 aromatic rings. The van der Waals surface area contributed by atoms with Crippen LogP contribution in [-0.2, 0) is 10.1 Å². The monoisotopic (exact) mass is 438 g/mol. The van der Waals surface area contributed by atoms with Crippen molar-refractivity contribution in [3.05, 3.63) is 29.8 Å². The van der Waals surface area contributed by atoms with E-state index in [1.54, 1.807) is 12.1 Å². The van der Waals surface area contributed by atoms with Crippen molar-refractivity contribution in [1.29, 1.82) is 5.26 Å². The average molecular weight is 439 g/mol. The standard InChI is InChI=1S/C15H31N2.C9H12O3S/c1-4-6-8-10-13-17(3,15-12-16)14-11-9-7-5-2;1-7(2)8-3-5-9(6-4-8)13(10,11)12/h4-11,13-15H2,1-3H3;3-7H,1-2H3,(H,10,11,12)/q+1;/p-1.